The van der Waals surface area contributed by atoms with Gasteiger partial charge < -0.3 is 5.73 Å². The van der Waals surface area contributed by atoms with Crippen molar-refractivity contribution in [3.05, 3.63) is 29.8 Å². The van der Waals surface area contributed by atoms with E-state index in [-0.39, 0.29) is 23.7 Å². The Bertz CT molecular complexity index is 518. The molecule has 86 valence electrons. The summed E-state index contributed by atoms with van der Waals surface area (Å²) in [6.45, 7) is 0. The van der Waals surface area contributed by atoms with Crippen LogP contribution in [0.15, 0.2) is 24.3 Å². The summed E-state index contributed by atoms with van der Waals surface area (Å²) in [5, 5.41) is 0. The van der Waals surface area contributed by atoms with Gasteiger partial charge in [0.25, 0.3) is 0 Å². The average molecular weight is 246 g/mol. The maximum atomic E-state index is 11.8. The smallest absolute Gasteiger partial charge is 0.237 e. The highest BCUT2D eigenvalue weighted by atomic mass is 32.1. The number of anilines is 1. The first-order chi connectivity index (χ1) is 8.09. The van der Waals surface area contributed by atoms with Gasteiger partial charge in [0.2, 0.25) is 11.8 Å². The molecule has 0 spiro atoms. The van der Waals surface area contributed by atoms with Crippen LogP contribution in [0.25, 0.3) is 0 Å². The van der Waals surface area contributed by atoms with Crippen molar-refractivity contribution in [3.8, 4) is 0 Å². The molecule has 1 heterocycles. The molecule has 1 aliphatic carbocycles. The first kappa shape index (κ1) is 10.4. The highest BCUT2D eigenvalue weighted by Crippen LogP contribution is 2.48. The lowest BCUT2D eigenvalue weighted by molar-refractivity contribution is -0.123. The number of thiocarbonyl (C=S) groups is 1. The molecule has 5 heteroatoms. The number of benzene rings is 1. The van der Waals surface area contributed by atoms with Crippen LogP contribution in [0.5, 0.6) is 0 Å². The summed E-state index contributed by atoms with van der Waals surface area (Å²) in [7, 11) is 0. The minimum Gasteiger partial charge on any atom is -0.389 e. The Morgan fingerprint density at radius 2 is 1.71 bits per heavy atom. The molecule has 1 saturated heterocycles. The van der Waals surface area contributed by atoms with Gasteiger partial charge in [-0.3, -0.25) is 14.5 Å². The molecule has 3 rings (SSSR count). The van der Waals surface area contributed by atoms with E-state index < -0.39 is 0 Å². The van der Waals surface area contributed by atoms with E-state index in [2.05, 4.69) is 0 Å². The van der Waals surface area contributed by atoms with Gasteiger partial charge in [0.05, 0.1) is 17.5 Å². The lowest BCUT2D eigenvalue weighted by Gasteiger charge is -2.16. The maximum absolute atomic E-state index is 11.8. The number of carbonyl (C=O) groups is 2. The largest absolute Gasteiger partial charge is 0.389 e. The SMILES string of the molecule is NC(=S)c1ccc(N2C(=O)C3CC3C2=O)cc1. The number of imide groups is 1. The van der Waals surface area contributed by atoms with Gasteiger partial charge in [-0.05, 0) is 30.7 Å². The zero-order valence-electron chi connectivity index (χ0n) is 8.92. The van der Waals surface area contributed by atoms with E-state index in [9.17, 15) is 9.59 Å². The van der Waals surface area contributed by atoms with E-state index in [0.29, 0.717) is 10.7 Å². The second-order valence-electron chi connectivity index (χ2n) is 4.37. The minimum atomic E-state index is -0.0805. The van der Waals surface area contributed by atoms with E-state index in [1.165, 1.54) is 4.90 Å². The Hall–Kier alpha value is -1.75. The molecule has 2 amide bonds. The molecule has 0 radical (unpaired) electrons. The molecule has 2 fully saturated rings. The molecule has 2 atom stereocenters. The highest BCUT2D eigenvalue weighted by Gasteiger charge is 2.59. The number of rotatable bonds is 2. The Morgan fingerprint density at radius 1 is 1.18 bits per heavy atom. The van der Waals surface area contributed by atoms with Gasteiger partial charge in [-0.25, -0.2) is 0 Å². The summed E-state index contributed by atoms with van der Waals surface area (Å²) in [6, 6.07) is 6.86. The summed E-state index contributed by atoms with van der Waals surface area (Å²) in [6.07, 6.45) is 0.721. The topological polar surface area (TPSA) is 63.4 Å². The van der Waals surface area contributed by atoms with E-state index in [0.717, 1.165) is 12.0 Å². The van der Waals surface area contributed by atoms with Crippen LogP contribution < -0.4 is 10.6 Å². The predicted molar refractivity (Wildman–Crippen MR) is 66.4 cm³/mol. The molecular formula is C12H10N2O2S. The van der Waals surface area contributed by atoms with Crippen molar-refractivity contribution in [2.75, 3.05) is 4.90 Å². The number of fused-ring (bicyclic) bond motifs is 1. The molecule has 1 saturated carbocycles. The number of nitrogens with two attached hydrogens (primary N) is 1. The summed E-state index contributed by atoms with van der Waals surface area (Å²) in [5.41, 5.74) is 6.82. The average Bonchev–Trinajstić information content (AvgIpc) is 3.05. The second kappa shape index (κ2) is 3.37. The highest BCUT2D eigenvalue weighted by molar-refractivity contribution is 7.80. The number of amides is 2. The summed E-state index contributed by atoms with van der Waals surface area (Å²) in [5.74, 6) is -0.304. The van der Waals surface area contributed by atoms with Gasteiger partial charge in [-0.2, -0.15) is 0 Å². The lowest BCUT2D eigenvalue weighted by atomic mass is 10.2. The Kier molecular flexibility index (Phi) is 2.06. The molecule has 2 N–H and O–H groups in total. The van der Waals surface area contributed by atoms with Crippen molar-refractivity contribution in [3.63, 3.8) is 0 Å². The fourth-order valence-electron chi connectivity index (χ4n) is 2.21. The quantitative estimate of drug-likeness (QED) is 0.620. The van der Waals surface area contributed by atoms with Gasteiger partial charge in [-0.1, -0.05) is 12.2 Å². The maximum Gasteiger partial charge on any atom is 0.237 e. The number of hydrogen-bond acceptors (Lipinski definition) is 3. The normalized spacial score (nSPS) is 26.0. The number of piperidine rings is 1. The van der Waals surface area contributed by atoms with E-state index in [1.54, 1.807) is 24.3 Å². The molecule has 1 aromatic rings. The standard InChI is InChI=1S/C12H10N2O2S/c13-10(17)6-1-3-7(4-2-6)14-11(15)8-5-9(8)12(14)16/h1-4,8-9H,5H2,(H2,13,17). The molecule has 17 heavy (non-hydrogen) atoms. The zero-order valence-corrected chi connectivity index (χ0v) is 9.74. The van der Waals surface area contributed by atoms with Crippen LogP contribution in [0.4, 0.5) is 5.69 Å². The molecule has 1 aromatic carbocycles. The predicted octanol–water partition coefficient (Wildman–Crippen LogP) is 0.830. The first-order valence-electron chi connectivity index (χ1n) is 5.37. The Labute approximate surface area is 103 Å². The molecular weight excluding hydrogens is 236 g/mol. The molecule has 2 aliphatic rings. The molecule has 1 aliphatic heterocycles. The lowest BCUT2D eigenvalue weighted by Crippen LogP contribution is -2.32. The summed E-state index contributed by atoms with van der Waals surface area (Å²) >= 11 is 4.84. The number of carbonyl (C=O) groups excluding carboxylic acids is 2. The monoisotopic (exact) mass is 246 g/mol. The van der Waals surface area contributed by atoms with Crippen LogP contribution in [0.3, 0.4) is 0 Å². The molecule has 2 unspecified atom stereocenters. The fourth-order valence-corrected chi connectivity index (χ4v) is 2.35. The Balaban J connectivity index is 1.92. The van der Waals surface area contributed by atoms with E-state index >= 15 is 0 Å². The van der Waals surface area contributed by atoms with Gasteiger partial charge >= 0.3 is 0 Å². The van der Waals surface area contributed by atoms with Crippen molar-refractivity contribution in [2.24, 2.45) is 17.6 Å². The van der Waals surface area contributed by atoms with Crippen LogP contribution in [-0.2, 0) is 9.59 Å². The van der Waals surface area contributed by atoms with Crippen molar-refractivity contribution >= 4 is 34.7 Å². The van der Waals surface area contributed by atoms with Crippen molar-refractivity contribution < 1.29 is 9.59 Å². The van der Waals surface area contributed by atoms with Gasteiger partial charge in [0, 0.05) is 5.56 Å². The fraction of sp³-hybridized carbons (Fsp3) is 0.250. The van der Waals surface area contributed by atoms with Gasteiger partial charge in [-0.15, -0.1) is 0 Å². The molecule has 0 aromatic heterocycles. The summed E-state index contributed by atoms with van der Waals surface area (Å²) in [4.78, 5) is 25.2. The van der Waals surface area contributed by atoms with E-state index in [1.807, 2.05) is 0 Å². The third-order valence-corrected chi connectivity index (χ3v) is 3.51. The number of nitrogens with zero attached hydrogens (tertiary/aromatic N) is 1. The van der Waals surface area contributed by atoms with Crippen LogP contribution in [0.1, 0.15) is 12.0 Å². The number of hydrogen-bond donors (Lipinski definition) is 1. The van der Waals surface area contributed by atoms with Crippen molar-refractivity contribution in [2.45, 2.75) is 6.42 Å². The minimum absolute atomic E-state index is 0.0715. The third-order valence-electron chi connectivity index (χ3n) is 3.28. The third kappa shape index (κ3) is 1.46. The summed E-state index contributed by atoms with van der Waals surface area (Å²) < 4.78 is 0. The van der Waals surface area contributed by atoms with Crippen molar-refractivity contribution in [1.82, 2.24) is 0 Å². The van der Waals surface area contributed by atoms with Gasteiger partial charge in [0.1, 0.15) is 4.99 Å². The first-order valence-corrected chi connectivity index (χ1v) is 5.78. The molecule has 0 bridgehead atoms. The van der Waals surface area contributed by atoms with Crippen LogP contribution in [0.2, 0.25) is 0 Å². The zero-order chi connectivity index (χ0) is 12.2. The van der Waals surface area contributed by atoms with Crippen LogP contribution in [-0.4, -0.2) is 16.8 Å². The van der Waals surface area contributed by atoms with Gasteiger partial charge in [0.15, 0.2) is 0 Å². The van der Waals surface area contributed by atoms with E-state index in [4.69, 9.17) is 18.0 Å². The van der Waals surface area contributed by atoms with Crippen molar-refractivity contribution in [1.29, 1.82) is 0 Å². The van der Waals surface area contributed by atoms with Crippen LogP contribution >= 0.6 is 12.2 Å². The Morgan fingerprint density at radius 3 is 2.18 bits per heavy atom. The second-order valence-corrected chi connectivity index (χ2v) is 4.81. The van der Waals surface area contributed by atoms with Crippen LogP contribution in [0, 0.1) is 11.8 Å². The molecule has 4 nitrogen and oxygen atoms in total.